The molecule has 0 aliphatic carbocycles. The smallest absolute Gasteiger partial charge is 0.259 e. The standard InChI is InChI=1S/C18H27N3O2/c1-11(2)7-8-21-13(5)16(10-19-21)20-18(22)15-9-17(12(3)4)23-14(15)6/h9-12H,7-8H2,1-6H3,(H,20,22). The van der Waals surface area contributed by atoms with Gasteiger partial charge < -0.3 is 9.73 Å². The van der Waals surface area contributed by atoms with Gasteiger partial charge >= 0.3 is 0 Å². The van der Waals surface area contributed by atoms with Crippen molar-refractivity contribution in [2.45, 2.75) is 60.4 Å². The van der Waals surface area contributed by atoms with Gasteiger partial charge in [-0.25, -0.2) is 0 Å². The van der Waals surface area contributed by atoms with Crippen LogP contribution in [0.2, 0.25) is 0 Å². The molecule has 0 aliphatic rings. The molecule has 126 valence electrons. The fraction of sp³-hybridized carbons (Fsp3) is 0.556. The SMILES string of the molecule is Cc1oc(C(C)C)cc1C(=O)Nc1cnn(CCC(C)C)c1C. The van der Waals surface area contributed by atoms with Crippen LogP contribution in [-0.4, -0.2) is 15.7 Å². The first-order valence-electron chi connectivity index (χ1n) is 8.23. The monoisotopic (exact) mass is 317 g/mol. The van der Waals surface area contributed by atoms with Crippen LogP contribution in [-0.2, 0) is 6.54 Å². The molecule has 1 N–H and O–H groups in total. The number of carbonyl (C=O) groups excluding carboxylic acids is 1. The Morgan fingerprint density at radius 2 is 2.00 bits per heavy atom. The molecule has 1 amide bonds. The molecule has 0 atom stereocenters. The fourth-order valence-electron chi connectivity index (χ4n) is 2.38. The number of hydrogen-bond acceptors (Lipinski definition) is 3. The van der Waals surface area contributed by atoms with Crippen molar-refractivity contribution >= 4 is 11.6 Å². The average Bonchev–Trinajstić information content (AvgIpc) is 3.01. The molecule has 0 bridgehead atoms. The Hall–Kier alpha value is -2.04. The van der Waals surface area contributed by atoms with Crippen LogP contribution in [0.15, 0.2) is 16.7 Å². The molecule has 2 heterocycles. The summed E-state index contributed by atoms with van der Waals surface area (Å²) < 4.78 is 7.60. The summed E-state index contributed by atoms with van der Waals surface area (Å²) in [5.74, 6) is 2.22. The summed E-state index contributed by atoms with van der Waals surface area (Å²) in [4.78, 5) is 12.5. The van der Waals surface area contributed by atoms with Crippen molar-refractivity contribution in [2.75, 3.05) is 5.32 Å². The van der Waals surface area contributed by atoms with Crippen molar-refractivity contribution < 1.29 is 9.21 Å². The van der Waals surface area contributed by atoms with E-state index in [0.717, 1.165) is 30.1 Å². The maximum Gasteiger partial charge on any atom is 0.259 e. The molecule has 0 aliphatic heterocycles. The quantitative estimate of drug-likeness (QED) is 0.852. The summed E-state index contributed by atoms with van der Waals surface area (Å²) in [6.45, 7) is 13.1. The van der Waals surface area contributed by atoms with E-state index in [1.165, 1.54) is 0 Å². The second-order valence-electron chi connectivity index (χ2n) is 6.78. The number of furan rings is 1. The van der Waals surface area contributed by atoms with E-state index in [0.29, 0.717) is 17.2 Å². The van der Waals surface area contributed by atoms with Gasteiger partial charge in [-0.15, -0.1) is 0 Å². The van der Waals surface area contributed by atoms with Gasteiger partial charge in [0.15, 0.2) is 0 Å². The molecule has 0 saturated carbocycles. The van der Waals surface area contributed by atoms with Gasteiger partial charge in [0, 0.05) is 12.5 Å². The number of aryl methyl sites for hydroxylation is 2. The number of rotatable bonds is 6. The molecule has 2 aromatic rings. The molecule has 0 unspecified atom stereocenters. The molecule has 0 fully saturated rings. The molecule has 2 aromatic heterocycles. The highest BCUT2D eigenvalue weighted by molar-refractivity contribution is 6.05. The third-order valence-corrected chi connectivity index (χ3v) is 4.02. The van der Waals surface area contributed by atoms with Crippen molar-refractivity contribution in [3.63, 3.8) is 0 Å². The Balaban J connectivity index is 2.11. The predicted octanol–water partition coefficient (Wildman–Crippen LogP) is 4.51. The topological polar surface area (TPSA) is 60.1 Å². The van der Waals surface area contributed by atoms with Crippen LogP contribution >= 0.6 is 0 Å². The highest BCUT2D eigenvalue weighted by Crippen LogP contribution is 2.23. The number of hydrogen-bond donors (Lipinski definition) is 1. The lowest BCUT2D eigenvalue weighted by Crippen LogP contribution is -2.13. The van der Waals surface area contributed by atoms with E-state index in [1.54, 1.807) is 6.20 Å². The molecule has 0 radical (unpaired) electrons. The van der Waals surface area contributed by atoms with E-state index < -0.39 is 0 Å². The summed E-state index contributed by atoms with van der Waals surface area (Å²) in [7, 11) is 0. The maximum absolute atomic E-state index is 12.5. The minimum absolute atomic E-state index is 0.148. The van der Waals surface area contributed by atoms with Crippen LogP contribution in [0, 0.1) is 19.8 Å². The number of nitrogens with one attached hydrogen (secondary N) is 1. The van der Waals surface area contributed by atoms with Gasteiger partial charge in [-0.05, 0) is 32.3 Å². The van der Waals surface area contributed by atoms with Gasteiger partial charge in [-0.2, -0.15) is 5.10 Å². The molecule has 5 heteroatoms. The predicted molar refractivity (Wildman–Crippen MR) is 91.9 cm³/mol. The summed E-state index contributed by atoms with van der Waals surface area (Å²) >= 11 is 0. The van der Waals surface area contributed by atoms with Gasteiger partial charge in [0.05, 0.1) is 23.1 Å². The molecule has 0 aromatic carbocycles. The summed E-state index contributed by atoms with van der Waals surface area (Å²) in [5, 5.41) is 7.31. The lowest BCUT2D eigenvalue weighted by molar-refractivity contribution is 0.102. The summed E-state index contributed by atoms with van der Waals surface area (Å²) in [6.07, 6.45) is 2.78. The molecule has 0 spiro atoms. The van der Waals surface area contributed by atoms with E-state index in [2.05, 4.69) is 24.3 Å². The zero-order valence-corrected chi connectivity index (χ0v) is 14.9. The largest absolute Gasteiger partial charge is 0.465 e. The van der Waals surface area contributed by atoms with Crippen LogP contribution in [0.4, 0.5) is 5.69 Å². The molecule has 5 nitrogen and oxygen atoms in total. The van der Waals surface area contributed by atoms with Gasteiger partial charge in [-0.3, -0.25) is 9.48 Å². The molecule has 23 heavy (non-hydrogen) atoms. The Morgan fingerprint density at radius 3 is 2.57 bits per heavy atom. The van der Waals surface area contributed by atoms with E-state index in [4.69, 9.17) is 4.42 Å². The van der Waals surface area contributed by atoms with E-state index >= 15 is 0 Å². The zero-order valence-electron chi connectivity index (χ0n) is 14.9. The van der Waals surface area contributed by atoms with Crippen LogP contribution in [0.5, 0.6) is 0 Å². The maximum atomic E-state index is 12.5. The van der Waals surface area contributed by atoms with Crippen LogP contribution < -0.4 is 5.32 Å². The van der Waals surface area contributed by atoms with Gasteiger partial charge in [0.1, 0.15) is 11.5 Å². The Labute approximate surface area is 138 Å². The number of aromatic nitrogens is 2. The highest BCUT2D eigenvalue weighted by Gasteiger charge is 2.18. The summed E-state index contributed by atoms with van der Waals surface area (Å²) in [5.41, 5.74) is 2.32. The Morgan fingerprint density at radius 1 is 1.30 bits per heavy atom. The van der Waals surface area contributed by atoms with Gasteiger partial charge in [0.25, 0.3) is 5.91 Å². The Bertz CT molecular complexity index is 680. The first-order chi connectivity index (χ1) is 10.8. The minimum atomic E-state index is -0.148. The molecule has 0 saturated heterocycles. The second-order valence-corrected chi connectivity index (χ2v) is 6.78. The normalized spacial score (nSPS) is 11.5. The van der Waals surface area contributed by atoms with Crippen molar-refractivity contribution in [1.82, 2.24) is 9.78 Å². The van der Waals surface area contributed by atoms with Gasteiger partial charge in [-0.1, -0.05) is 27.7 Å². The van der Waals surface area contributed by atoms with Crippen molar-refractivity contribution in [3.8, 4) is 0 Å². The first kappa shape index (κ1) is 17.3. The van der Waals surface area contributed by atoms with Gasteiger partial charge in [0.2, 0.25) is 0 Å². The lowest BCUT2D eigenvalue weighted by Gasteiger charge is -2.08. The zero-order chi connectivity index (χ0) is 17.1. The van der Waals surface area contributed by atoms with Crippen molar-refractivity contribution in [1.29, 1.82) is 0 Å². The lowest BCUT2D eigenvalue weighted by atomic mass is 10.1. The molecular formula is C18H27N3O2. The van der Waals surface area contributed by atoms with E-state index in [9.17, 15) is 4.79 Å². The highest BCUT2D eigenvalue weighted by atomic mass is 16.3. The third-order valence-electron chi connectivity index (χ3n) is 4.02. The first-order valence-corrected chi connectivity index (χ1v) is 8.23. The van der Waals surface area contributed by atoms with Crippen molar-refractivity contribution in [2.24, 2.45) is 5.92 Å². The molecular weight excluding hydrogens is 290 g/mol. The van der Waals surface area contributed by atoms with E-state index in [-0.39, 0.29) is 11.8 Å². The number of amides is 1. The van der Waals surface area contributed by atoms with Crippen LogP contribution in [0.25, 0.3) is 0 Å². The second kappa shape index (κ2) is 7.02. The molecule has 2 rings (SSSR count). The number of carbonyl (C=O) groups is 1. The van der Waals surface area contributed by atoms with Crippen molar-refractivity contribution in [3.05, 3.63) is 35.0 Å². The Kier molecular flexibility index (Phi) is 5.29. The fourth-order valence-corrected chi connectivity index (χ4v) is 2.38. The summed E-state index contributed by atoms with van der Waals surface area (Å²) in [6, 6.07) is 1.83. The van der Waals surface area contributed by atoms with Crippen LogP contribution in [0.3, 0.4) is 0 Å². The number of nitrogens with zero attached hydrogens (tertiary/aromatic N) is 2. The number of anilines is 1. The van der Waals surface area contributed by atoms with E-state index in [1.807, 2.05) is 38.4 Å². The minimum Gasteiger partial charge on any atom is -0.465 e. The van der Waals surface area contributed by atoms with Crippen LogP contribution in [0.1, 0.15) is 67.6 Å². The third kappa shape index (κ3) is 4.03. The average molecular weight is 317 g/mol.